The van der Waals surface area contributed by atoms with Crippen molar-refractivity contribution < 1.29 is 14.3 Å². The van der Waals surface area contributed by atoms with E-state index in [9.17, 15) is 9.59 Å². The van der Waals surface area contributed by atoms with E-state index in [4.69, 9.17) is 4.74 Å². The van der Waals surface area contributed by atoms with Crippen molar-refractivity contribution in [3.63, 3.8) is 0 Å². The van der Waals surface area contributed by atoms with Gasteiger partial charge in [-0.15, -0.1) is 0 Å². The van der Waals surface area contributed by atoms with Crippen molar-refractivity contribution in [2.45, 2.75) is 26.2 Å². The van der Waals surface area contributed by atoms with Crippen molar-refractivity contribution in [1.82, 2.24) is 0 Å². The first kappa shape index (κ1) is 12.8. The first-order valence-corrected chi connectivity index (χ1v) is 6.27. The molecule has 0 spiro atoms. The molecule has 1 aliphatic carbocycles. The minimum absolute atomic E-state index is 0.0261. The Balaban J connectivity index is 2.33. The average Bonchev–Trinajstić information content (AvgIpc) is 2.68. The lowest BCUT2D eigenvalue weighted by Gasteiger charge is -2.24. The fourth-order valence-corrected chi connectivity index (χ4v) is 2.78. The van der Waals surface area contributed by atoms with Gasteiger partial charge in [-0.2, -0.15) is 0 Å². The number of benzene rings is 1. The van der Waals surface area contributed by atoms with Gasteiger partial charge in [0.05, 0.1) is 7.11 Å². The topological polar surface area (TPSA) is 43.4 Å². The van der Waals surface area contributed by atoms with Gasteiger partial charge < -0.3 is 4.74 Å². The van der Waals surface area contributed by atoms with Gasteiger partial charge in [-0.3, -0.25) is 9.59 Å². The Bertz CT molecular complexity index is 452. The number of hydrogen-bond donors (Lipinski definition) is 0. The molecule has 0 radical (unpaired) electrons. The van der Waals surface area contributed by atoms with Gasteiger partial charge in [0, 0.05) is 5.92 Å². The molecule has 96 valence electrons. The van der Waals surface area contributed by atoms with E-state index in [1.54, 1.807) is 0 Å². The summed E-state index contributed by atoms with van der Waals surface area (Å²) in [7, 11) is 1.35. The molecular formula is C15H18O3. The van der Waals surface area contributed by atoms with Crippen LogP contribution in [0.25, 0.3) is 0 Å². The molecule has 0 aliphatic heterocycles. The maximum atomic E-state index is 12.3. The number of rotatable bonds is 3. The molecule has 3 heteroatoms. The minimum atomic E-state index is -0.963. The zero-order valence-electron chi connectivity index (χ0n) is 10.8. The molecule has 1 aromatic rings. The van der Waals surface area contributed by atoms with Crippen LogP contribution in [0.5, 0.6) is 0 Å². The number of ketones is 1. The Hall–Kier alpha value is -1.64. The van der Waals surface area contributed by atoms with Crippen LogP contribution in [0.15, 0.2) is 30.3 Å². The van der Waals surface area contributed by atoms with E-state index in [0.29, 0.717) is 12.8 Å². The fraction of sp³-hybridized carbons (Fsp3) is 0.467. The second kappa shape index (κ2) is 4.92. The molecule has 0 N–H and O–H groups in total. The number of carbonyl (C=O) groups excluding carboxylic acids is 2. The predicted octanol–water partition coefficient (Wildman–Crippen LogP) is 2.39. The summed E-state index contributed by atoms with van der Waals surface area (Å²) in [4.78, 5) is 24.4. The molecule has 3 nitrogen and oxygen atoms in total. The van der Waals surface area contributed by atoms with Gasteiger partial charge in [-0.25, -0.2) is 0 Å². The highest BCUT2D eigenvalue weighted by Gasteiger charge is 2.52. The van der Waals surface area contributed by atoms with Crippen molar-refractivity contribution in [3.05, 3.63) is 35.9 Å². The summed E-state index contributed by atoms with van der Waals surface area (Å²) in [5.74, 6) is -0.410. The number of ether oxygens (including phenoxy) is 1. The number of hydrogen-bond acceptors (Lipinski definition) is 3. The van der Waals surface area contributed by atoms with Crippen molar-refractivity contribution in [2.24, 2.45) is 11.3 Å². The average molecular weight is 246 g/mol. The second-order valence-corrected chi connectivity index (χ2v) is 5.04. The van der Waals surface area contributed by atoms with E-state index < -0.39 is 5.41 Å². The van der Waals surface area contributed by atoms with E-state index in [1.807, 2.05) is 37.3 Å². The fourth-order valence-electron chi connectivity index (χ4n) is 2.78. The molecule has 2 unspecified atom stereocenters. The van der Waals surface area contributed by atoms with Gasteiger partial charge >= 0.3 is 5.97 Å². The third kappa shape index (κ3) is 2.05. The molecule has 0 aromatic heterocycles. The summed E-state index contributed by atoms with van der Waals surface area (Å²) in [6.45, 7) is 1.89. The van der Waals surface area contributed by atoms with Crippen LogP contribution in [-0.4, -0.2) is 18.9 Å². The van der Waals surface area contributed by atoms with Gasteiger partial charge in [0.25, 0.3) is 0 Å². The van der Waals surface area contributed by atoms with Crippen LogP contribution < -0.4 is 0 Å². The summed E-state index contributed by atoms with van der Waals surface area (Å²) >= 11 is 0. The van der Waals surface area contributed by atoms with Crippen LogP contribution in [0, 0.1) is 11.3 Å². The van der Waals surface area contributed by atoms with Gasteiger partial charge in [-0.05, 0) is 24.8 Å². The van der Waals surface area contributed by atoms with Crippen LogP contribution in [0.4, 0.5) is 0 Å². The highest BCUT2D eigenvalue weighted by molar-refractivity contribution is 6.06. The SMILES string of the molecule is COC(=O)C1(Cc2ccccc2)CCC(C)C1=O. The van der Waals surface area contributed by atoms with Gasteiger partial charge in [-0.1, -0.05) is 37.3 Å². The van der Waals surface area contributed by atoms with Gasteiger partial charge in [0.1, 0.15) is 5.41 Å². The lowest BCUT2D eigenvalue weighted by Crippen LogP contribution is -2.39. The first-order chi connectivity index (χ1) is 8.60. The number of methoxy groups -OCH3 is 1. The molecule has 1 fully saturated rings. The highest BCUT2D eigenvalue weighted by atomic mass is 16.5. The van der Waals surface area contributed by atoms with Crippen molar-refractivity contribution >= 4 is 11.8 Å². The number of carbonyl (C=O) groups is 2. The third-order valence-corrected chi connectivity index (χ3v) is 3.85. The zero-order valence-corrected chi connectivity index (χ0v) is 10.8. The Labute approximate surface area is 107 Å². The quantitative estimate of drug-likeness (QED) is 0.607. The largest absolute Gasteiger partial charge is 0.468 e. The molecule has 0 bridgehead atoms. The van der Waals surface area contributed by atoms with Crippen LogP contribution >= 0.6 is 0 Å². The summed E-state index contributed by atoms with van der Waals surface area (Å²) in [6, 6.07) is 9.65. The second-order valence-electron chi connectivity index (χ2n) is 5.04. The molecule has 0 amide bonds. The molecule has 0 heterocycles. The van der Waals surface area contributed by atoms with E-state index in [1.165, 1.54) is 7.11 Å². The molecule has 1 saturated carbocycles. The van der Waals surface area contributed by atoms with Gasteiger partial charge in [0.15, 0.2) is 5.78 Å². The summed E-state index contributed by atoms with van der Waals surface area (Å²) in [5.41, 5.74) is 0.0422. The maximum absolute atomic E-state index is 12.3. The lowest BCUT2D eigenvalue weighted by molar-refractivity contribution is -0.157. The standard InChI is InChI=1S/C15H18O3/c1-11-8-9-15(13(11)16,14(17)18-2)10-12-6-4-3-5-7-12/h3-7,11H,8-10H2,1-2H3. The smallest absolute Gasteiger partial charge is 0.319 e. The Morgan fingerprint density at radius 1 is 1.39 bits per heavy atom. The highest BCUT2D eigenvalue weighted by Crippen LogP contribution is 2.42. The molecule has 2 rings (SSSR count). The minimum Gasteiger partial charge on any atom is -0.468 e. The van der Waals surface area contributed by atoms with E-state index in [-0.39, 0.29) is 17.7 Å². The number of Topliss-reactive ketones (excluding diaryl/α,β-unsaturated/α-hetero) is 1. The maximum Gasteiger partial charge on any atom is 0.319 e. The summed E-state index contributed by atoms with van der Waals surface area (Å²) < 4.78 is 4.87. The summed E-state index contributed by atoms with van der Waals surface area (Å²) in [5, 5.41) is 0. The van der Waals surface area contributed by atoms with Crippen molar-refractivity contribution in [3.8, 4) is 0 Å². The Kier molecular flexibility index (Phi) is 3.50. The molecule has 18 heavy (non-hydrogen) atoms. The molecule has 1 aromatic carbocycles. The normalized spacial score (nSPS) is 27.2. The van der Waals surface area contributed by atoms with E-state index in [2.05, 4.69) is 0 Å². The van der Waals surface area contributed by atoms with Gasteiger partial charge in [0.2, 0.25) is 0 Å². The van der Waals surface area contributed by atoms with Crippen LogP contribution in [-0.2, 0) is 20.7 Å². The summed E-state index contributed by atoms with van der Waals surface area (Å²) in [6.07, 6.45) is 1.80. The molecule has 2 atom stereocenters. The molecule has 1 aliphatic rings. The number of esters is 1. The third-order valence-electron chi connectivity index (χ3n) is 3.85. The zero-order chi connectivity index (χ0) is 13.2. The lowest BCUT2D eigenvalue weighted by atomic mass is 9.78. The molecular weight excluding hydrogens is 228 g/mol. The van der Waals surface area contributed by atoms with Crippen LogP contribution in [0.1, 0.15) is 25.3 Å². The Morgan fingerprint density at radius 2 is 2.06 bits per heavy atom. The van der Waals surface area contributed by atoms with E-state index in [0.717, 1.165) is 12.0 Å². The first-order valence-electron chi connectivity index (χ1n) is 6.27. The Morgan fingerprint density at radius 3 is 2.56 bits per heavy atom. The van der Waals surface area contributed by atoms with Crippen molar-refractivity contribution in [2.75, 3.05) is 7.11 Å². The van der Waals surface area contributed by atoms with Crippen molar-refractivity contribution in [1.29, 1.82) is 0 Å². The van der Waals surface area contributed by atoms with Crippen LogP contribution in [0.2, 0.25) is 0 Å². The predicted molar refractivity (Wildman–Crippen MR) is 68.0 cm³/mol. The van der Waals surface area contributed by atoms with E-state index >= 15 is 0 Å². The monoisotopic (exact) mass is 246 g/mol. The van der Waals surface area contributed by atoms with Crippen LogP contribution in [0.3, 0.4) is 0 Å². The molecule has 0 saturated heterocycles.